The van der Waals surface area contributed by atoms with Crippen LogP contribution in [0.25, 0.3) is 11.1 Å². The highest BCUT2D eigenvalue weighted by Crippen LogP contribution is 2.19. The monoisotopic (exact) mass is 322 g/mol. The van der Waals surface area contributed by atoms with Gasteiger partial charge in [-0.2, -0.15) is 11.3 Å². The molecule has 0 N–H and O–H groups in total. The van der Waals surface area contributed by atoms with Gasteiger partial charge in [0.05, 0.1) is 5.56 Å². The number of Topliss-reactive ketones (excluding diaryl/α,β-unsaturated/α-hetero) is 1. The fourth-order valence-electron chi connectivity index (χ4n) is 2.16. The summed E-state index contributed by atoms with van der Waals surface area (Å²) in [6.45, 7) is -0.251. The summed E-state index contributed by atoms with van der Waals surface area (Å²) in [5.41, 5.74) is 3.14. The molecule has 0 unspecified atom stereocenters. The van der Waals surface area contributed by atoms with Crippen LogP contribution in [0.3, 0.4) is 0 Å². The van der Waals surface area contributed by atoms with E-state index in [0.717, 1.165) is 11.1 Å². The predicted molar refractivity (Wildman–Crippen MR) is 90.8 cm³/mol. The number of carbonyl (C=O) groups excluding carboxylic acids is 2. The van der Waals surface area contributed by atoms with Crippen LogP contribution < -0.4 is 0 Å². The summed E-state index contributed by atoms with van der Waals surface area (Å²) in [5, 5.41) is 3.49. The number of ketones is 1. The molecule has 1 heterocycles. The van der Waals surface area contributed by atoms with E-state index in [0.29, 0.717) is 11.1 Å². The van der Waals surface area contributed by atoms with Crippen molar-refractivity contribution in [3.05, 3.63) is 82.6 Å². The summed E-state index contributed by atoms with van der Waals surface area (Å²) in [6.07, 6.45) is 0. The molecule has 3 rings (SSSR count). The van der Waals surface area contributed by atoms with E-state index in [-0.39, 0.29) is 12.4 Å². The largest absolute Gasteiger partial charge is 0.454 e. The predicted octanol–water partition coefficient (Wildman–Crippen LogP) is 4.45. The first kappa shape index (κ1) is 15.2. The van der Waals surface area contributed by atoms with Crippen LogP contribution in [0.15, 0.2) is 71.4 Å². The van der Waals surface area contributed by atoms with Crippen molar-refractivity contribution in [2.24, 2.45) is 0 Å². The third kappa shape index (κ3) is 3.73. The Kier molecular flexibility index (Phi) is 4.64. The van der Waals surface area contributed by atoms with Crippen molar-refractivity contribution in [1.29, 1.82) is 0 Å². The van der Waals surface area contributed by atoms with E-state index in [1.165, 1.54) is 11.3 Å². The van der Waals surface area contributed by atoms with Crippen molar-refractivity contribution in [3.63, 3.8) is 0 Å². The molecular weight excluding hydrogens is 308 g/mol. The van der Waals surface area contributed by atoms with Crippen molar-refractivity contribution in [2.45, 2.75) is 0 Å². The van der Waals surface area contributed by atoms with Crippen LogP contribution >= 0.6 is 11.3 Å². The zero-order chi connectivity index (χ0) is 16.1. The molecule has 0 saturated carbocycles. The fourth-order valence-corrected chi connectivity index (χ4v) is 2.78. The molecule has 0 amide bonds. The quantitative estimate of drug-likeness (QED) is 0.515. The Labute approximate surface area is 138 Å². The molecule has 114 valence electrons. The van der Waals surface area contributed by atoms with Gasteiger partial charge in [-0.25, -0.2) is 4.79 Å². The molecule has 3 nitrogen and oxygen atoms in total. The Morgan fingerprint density at radius 2 is 1.52 bits per heavy atom. The molecule has 0 aliphatic heterocycles. The van der Waals surface area contributed by atoms with Gasteiger partial charge in [0, 0.05) is 10.9 Å². The van der Waals surface area contributed by atoms with Crippen molar-refractivity contribution < 1.29 is 14.3 Å². The van der Waals surface area contributed by atoms with Crippen LogP contribution in [0, 0.1) is 0 Å². The van der Waals surface area contributed by atoms with Gasteiger partial charge >= 0.3 is 5.97 Å². The van der Waals surface area contributed by atoms with Crippen LogP contribution in [0.2, 0.25) is 0 Å². The summed E-state index contributed by atoms with van der Waals surface area (Å²) in [7, 11) is 0. The number of hydrogen-bond donors (Lipinski definition) is 0. The molecular formula is C19H14O3S. The van der Waals surface area contributed by atoms with E-state index < -0.39 is 5.97 Å². The molecule has 0 bridgehead atoms. The average Bonchev–Trinajstić information content (AvgIpc) is 3.15. The number of thiophene rings is 1. The molecule has 2 aromatic carbocycles. The SMILES string of the molecule is O=C(COC(=O)c1ccsc1)c1ccc(-c2ccccc2)cc1. The number of rotatable bonds is 5. The molecule has 3 aromatic rings. The maximum Gasteiger partial charge on any atom is 0.339 e. The third-order valence-corrected chi connectivity index (χ3v) is 4.09. The number of carbonyl (C=O) groups is 2. The molecule has 0 fully saturated rings. The van der Waals surface area contributed by atoms with Gasteiger partial charge in [-0.05, 0) is 22.6 Å². The summed E-state index contributed by atoms with van der Waals surface area (Å²) in [6, 6.07) is 18.9. The Morgan fingerprint density at radius 3 is 2.17 bits per heavy atom. The van der Waals surface area contributed by atoms with Crippen molar-refractivity contribution in [2.75, 3.05) is 6.61 Å². The van der Waals surface area contributed by atoms with Gasteiger partial charge in [0.15, 0.2) is 12.4 Å². The van der Waals surface area contributed by atoms with E-state index in [4.69, 9.17) is 4.74 Å². The first-order valence-corrected chi connectivity index (χ1v) is 8.06. The number of hydrogen-bond acceptors (Lipinski definition) is 4. The lowest BCUT2D eigenvalue weighted by atomic mass is 10.0. The highest BCUT2D eigenvalue weighted by molar-refractivity contribution is 7.08. The van der Waals surface area contributed by atoms with E-state index in [1.54, 1.807) is 29.0 Å². The zero-order valence-electron chi connectivity index (χ0n) is 12.3. The molecule has 0 atom stereocenters. The Bertz CT molecular complexity index is 790. The lowest BCUT2D eigenvalue weighted by Gasteiger charge is -2.05. The van der Waals surface area contributed by atoms with Crippen molar-refractivity contribution in [1.82, 2.24) is 0 Å². The van der Waals surface area contributed by atoms with E-state index >= 15 is 0 Å². The highest BCUT2D eigenvalue weighted by Gasteiger charge is 2.12. The molecule has 0 radical (unpaired) electrons. The van der Waals surface area contributed by atoms with Crippen LogP contribution in [0.4, 0.5) is 0 Å². The molecule has 0 aliphatic carbocycles. The normalized spacial score (nSPS) is 10.3. The van der Waals surface area contributed by atoms with Gasteiger partial charge in [0.1, 0.15) is 0 Å². The molecule has 4 heteroatoms. The molecule has 23 heavy (non-hydrogen) atoms. The smallest absolute Gasteiger partial charge is 0.339 e. The minimum absolute atomic E-state index is 0.215. The van der Waals surface area contributed by atoms with Gasteiger partial charge in [0.2, 0.25) is 0 Å². The molecule has 0 spiro atoms. The lowest BCUT2D eigenvalue weighted by Crippen LogP contribution is -2.13. The minimum atomic E-state index is -0.472. The second kappa shape index (κ2) is 7.03. The van der Waals surface area contributed by atoms with Gasteiger partial charge < -0.3 is 4.74 Å². The first-order chi connectivity index (χ1) is 11.2. The molecule has 0 aliphatic rings. The van der Waals surface area contributed by atoms with Gasteiger partial charge in [-0.15, -0.1) is 0 Å². The standard InChI is InChI=1S/C19H14O3S/c20-18(12-22-19(21)17-10-11-23-13-17)16-8-6-15(7-9-16)14-4-2-1-3-5-14/h1-11,13H,12H2. The Balaban J connectivity index is 1.63. The maximum atomic E-state index is 12.1. The maximum absolute atomic E-state index is 12.1. The number of benzene rings is 2. The summed E-state index contributed by atoms with van der Waals surface area (Å²) >= 11 is 1.41. The topological polar surface area (TPSA) is 43.4 Å². The van der Waals surface area contributed by atoms with Gasteiger partial charge in [-0.1, -0.05) is 54.6 Å². The summed E-state index contributed by atoms with van der Waals surface area (Å²) < 4.78 is 5.04. The fraction of sp³-hybridized carbons (Fsp3) is 0.0526. The van der Waals surface area contributed by atoms with Crippen molar-refractivity contribution in [3.8, 4) is 11.1 Å². The average molecular weight is 322 g/mol. The van der Waals surface area contributed by atoms with Gasteiger partial charge in [-0.3, -0.25) is 4.79 Å². The number of ether oxygens (including phenoxy) is 1. The molecule has 0 saturated heterocycles. The van der Waals surface area contributed by atoms with E-state index in [2.05, 4.69) is 0 Å². The Morgan fingerprint density at radius 1 is 0.826 bits per heavy atom. The van der Waals surface area contributed by atoms with Crippen LogP contribution in [0.5, 0.6) is 0 Å². The van der Waals surface area contributed by atoms with Crippen LogP contribution in [0.1, 0.15) is 20.7 Å². The minimum Gasteiger partial charge on any atom is -0.454 e. The molecule has 1 aromatic heterocycles. The van der Waals surface area contributed by atoms with Gasteiger partial charge in [0.25, 0.3) is 0 Å². The Hall–Kier alpha value is -2.72. The lowest BCUT2D eigenvalue weighted by molar-refractivity contribution is 0.0475. The second-order valence-corrected chi connectivity index (χ2v) is 5.73. The van der Waals surface area contributed by atoms with Crippen LogP contribution in [-0.2, 0) is 4.74 Å². The van der Waals surface area contributed by atoms with Crippen molar-refractivity contribution >= 4 is 23.1 Å². The summed E-state index contributed by atoms with van der Waals surface area (Å²) in [4.78, 5) is 23.8. The first-order valence-electron chi connectivity index (χ1n) is 7.12. The number of esters is 1. The van der Waals surface area contributed by atoms with E-state index in [1.807, 2.05) is 42.5 Å². The summed E-state index contributed by atoms with van der Waals surface area (Å²) in [5.74, 6) is -0.686. The van der Waals surface area contributed by atoms with E-state index in [9.17, 15) is 9.59 Å². The highest BCUT2D eigenvalue weighted by atomic mass is 32.1. The third-order valence-electron chi connectivity index (χ3n) is 3.41. The zero-order valence-corrected chi connectivity index (χ0v) is 13.1. The second-order valence-electron chi connectivity index (χ2n) is 4.95. The van der Waals surface area contributed by atoms with Crippen LogP contribution in [-0.4, -0.2) is 18.4 Å².